The van der Waals surface area contributed by atoms with Crippen LogP contribution in [0.4, 0.5) is 0 Å². The first-order valence-corrected chi connectivity index (χ1v) is 6.03. The molecule has 0 aromatic heterocycles. The standard InChI is InChI=1S/C11H15NOS/c12-11(9-4-2-1-3-5-9)10-8-14-7-6-13-10/h1-5,10-11H,6-8,12H2. The molecular formula is C11H15NOS. The molecule has 1 fully saturated rings. The summed E-state index contributed by atoms with van der Waals surface area (Å²) in [5.41, 5.74) is 7.30. The van der Waals surface area contributed by atoms with Gasteiger partial charge < -0.3 is 10.5 Å². The molecule has 2 rings (SSSR count). The van der Waals surface area contributed by atoms with E-state index in [1.165, 1.54) is 5.56 Å². The van der Waals surface area contributed by atoms with Crippen molar-refractivity contribution in [3.8, 4) is 0 Å². The molecule has 1 saturated heterocycles. The van der Waals surface area contributed by atoms with Crippen molar-refractivity contribution in [3.05, 3.63) is 35.9 Å². The molecule has 0 aliphatic carbocycles. The average molecular weight is 209 g/mol. The third-order valence-electron chi connectivity index (χ3n) is 2.43. The van der Waals surface area contributed by atoms with Crippen LogP contribution in [0.25, 0.3) is 0 Å². The number of rotatable bonds is 2. The summed E-state index contributed by atoms with van der Waals surface area (Å²) < 4.78 is 5.65. The molecule has 0 saturated carbocycles. The monoisotopic (exact) mass is 209 g/mol. The van der Waals surface area contributed by atoms with Gasteiger partial charge in [0, 0.05) is 11.5 Å². The van der Waals surface area contributed by atoms with Crippen LogP contribution in [-0.4, -0.2) is 24.2 Å². The Bertz CT molecular complexity index is 272. The smallest absolute Gasteiger partial charge is 0.0858 e. The van der Waals surface area contributed by atoms with Crippen molar-refractivity contribution in [3.63, 3.8) is 0 Å². The second-order valence-corrected chi connectivity index (χ2v) is 4.57. The third-order valence-corrected chi connectivity index (χ3v) is 3.45. The molecule has 76 valence electrons. The summed E-state index contributed by atoms with van der Waals surface area (Å²) >= 11 is 1.92. The largest absolute Gasteiger partial charge is 0.375 e. The van der Waals surface area contributed by atoms with Crippen LogP contribution in [0.3, 0.4) is 0 Å². The molecular weight excluding hydrogens is 194 g/mol. The Balaban J connectivity index is 2.03. The van der Waals surface area contributed by atoms with E-state index in [-0.39, 0.29) is 12.1 Å². The summed E-state index contributed by atoms with van der Waals surface area (Å²) in [6, 6.07) is 10.2. The number of hydrogen-bond acceptors (Lipinski definition) is 3. The Morgan fingerprint density at radius 1 is 1.36 bits per heavy atom. The fourth-order valence-corrected chi connectivity index (χ4v) is 2.52. The minimum atomic E-state index is 0.0176. The lowest BCUT2D eigenvalue weighted by Crippen LogP contribution is -2.34. The second-order valence-electron chi connectivity index (χ2n) is 3.42. The normalized spacial score (nSPS) is 24.5. The second kappa shape index (κ2) is 4.82. The number of thioether (sulfide) groups is 1. The van der Waals surface area contributed by atoms with Gasteiger partial charge in [0.15, 0.2) is 0 Å². The zero-order valence-corrected chi connectivity index (χ0v) is 8.87. The predicted molar refractivity (Wildman–Crippen MR) is 60.4 cm³/mol. The van der Waals surface area contributed by atoms with Crippen LogP contribution in [0.5, 0.6) is 0 Å². The Kier molecular flexibility index (Phi) is 3.45. The fraction of sp³-hybridized carbons (Fsp3) is 0.455. The molecule has 2 nitrogen and oxygen atoms in total. The predicted octanol–water partition coefficient (Wildman–Crippen LogP) is 1.82. The summed E-state index contributed by atoms with van der Waals surface area (Å²) in [6.45, 7) is 0.829. The van der Waals surface area contributed by atoms with E-state index in [0.717, 1.165) is 18.1 Å². The van der Waals surface area contributed by atoms with Gasteiger partial charge in [-0.2, -0.15) is 11.8 Å². The van der Waals surface area contributed by atoms with Crippen molar-refractivity contribution in [1.29, 1.82) is 0 Å². The maximum atomic E-state index is 6.13. The lowest BCUT2D eigenvalue weighted by Gasteiger charge is -2.27. The van der Waals surface area contributed by atoms with Crippen LogP contribution < -0.4 is 5.73 Å². The first kappa shape index (κ1) is 10.0. The summed E-state index contributed by atoms with van der Waals surface area (Å²) in [5.74, 6) is 2.11. The SMILES string of the molecule is NC(c1ccccc1)C1CSCCO1. The van der Waals surface area contributed by atoms with Crippen LogP contribution in [-0.2, 0) is 4.74 Å². The summed E-state index contributed by atoms with van der Waals surface area (Å²) in [7, 11) is 0. The Morgan fingerprint density at radius 3 is 2.79 bits per heavy atom. The van der Waals surface area contributed by atoms with E-state index in [9.17, 15) is 0 Å². The van der Waals surface area contributed by atoms with Gasteiger partial charge in [-0.1, -0.05) is 30.3 Å². The maximum absolute atomic E-state index is 6.13. The zero-order chi connectivity index (χ0) is 9.80. The maximum Gasteiger partial charge on any atom is 0.0858 e. The van der Waals surface area contributed by atoms with E-state index in [2.05, 4.69) is 12.1 Å². The molecule has 2 N–H and O–H groups in total. The highest BCUT2D eigenvalue weighted by Crippen LogP contribution is 2.23. The highest BCUT2D eigenvalue weighted by Gasteiger charge is 2.22. The van der Waals surface area contributed by atoms with Gasteiger partial charge in [0.1, 0.15) is 0 Å². The number of nitrogens with two attached hydrogens (primary N) is 1. The van der Waals surface area contributed by atoms with Crippen molar-refractivity contribution in [2.45, 2.75) is 12.1 Å². The summed E-state index contributed by atoms with van der Waals surface area (Å²) in [4.78, 5) is 0. The van der Waals surface area contributed by atoms with Gasteiger partial charge in [-0.3, -0.25) is 0 Å². The van der Waals surface area contributed by atoms with E-state index in [4.69, 9.17) is 10.5 Å². The molecule has 1 aromatic carbocycles. The number of benzene rings is 1. The van der Waals surface area contributed by atoms with Crippen LogP contribution in [0, 0.1) is 0 Å². The zero-order valence-electron chi connectivity index (χ0n) is 8.06. The Morgan fingerprint density at radius 2 is 2.14 bits per heavy atom. The number of hydrogen-bond donors (Lipinski definition) is 1. The van der Waals surface area contributed by atoms with Gasteiger partial charge in [-0.25, -0.2) is 0 Å². The molecule has 1 aromatic rings. The molecule has 2 atom stereocenters. The van der Waals surface area contributed by atoms with Crippen molar-refractivity contribution in [2.75, 3.05) is 18.1 Å². The van der Waals surface area contributed by atoms with Crippen LogP contribution >= 0.6 is 11.8 Å². The first-order valence-electron chi connectivity index (χ1n) is 4.88. The molecule has 2 unspecified atom stereocenters. The summed E-state index contributed by atoms with van der Waals surface area (Å²) in [5, 5.41) is 0. The Hall–Kier alpha value is -0.510. The lowest BCUT2D eigenvalue weighted by atomic mass is 10.0. The highest BCUT2D eigenvalue weighted by atomic mass is 32.2. The molecule has 1 heterocycles. The van der Waals surface area contributed by atoms with E-state index < -0.39 is 0 Å². The van der Waals surface area contributed by atoms with Crippen LogP contribution in [0.1, 0.15) is 11.6 Å². The van der Waals surface area contributed by atoms with Gasteiger partial charge in [-0.15, -0.1) is 0 Å². The highest BCUT2D eigenvalue weighted by molar-refractivity contribution is 7.99. The third kappa shape index (κ3) is 2.29. The minimum absolute atomic E-state index is 0.0176. The van der Waals surface area contributed by atoms with Gasteiger partial charge in [0.2, 0.25) is 0 Å². The van der Waals surface area contributed by atoms with Gasteiger partial charge in [0.25, 0.3) is 0 Å². The minimum Gasteiger partial charge on any atom is -0.375 e. The molecule has 0 amide bonds. The molecule has 1 aliphatic rings. The van der Waals surface area contributed by atoms with Crippen molar-refractivity contribution in [1.82, 2.24) is 0 Å². The Labute approximate surface area is 88.8 Å². The molecule has 3 heteroatoms. The van der Waals surface area contributed by atoms with Gasteiger partial charge in [-0.05, 0) is 5.56 Å². The van der Waals surface area contributed by atoms with Crippen molar-refractivity contribution < 1.29 is 4.74 Å². The molecule has 14 heavy (non-hydrogen) atoms. The average Bonchev–Trinajstić information content (AvgIpc) is 2.30. The lowest BCUT2D eigenvalue weighted by molar-refractivity contribution is 0.0569. The fourth-order valence-electron chi connectivity index (χ4n) is 1.60. The molecule has 0 radical (unpaired) electrons. The first-order chi connectivity index (χ1) is 6.88. The molecule has 1 aliphatic heterocycles. The number of ether oxygens (including phenoxy) is 1. The van der Waals surface area contributed by atoms with Crippen LogP contribution in [0.2, 0.25) is 0 Å². The van der Waals surface area contributed by atoms with E-state index in [1.54, 1.807) is 0 Å². The van der Waals surface area contributed by atoms with Crippen molar-refractivity contribution >= 4 is 11.8 Å². The van der Waals surface area contributed by atoms with Gasteiger partial charge in [0.05, 0.1) is 18.8 Å². The van der Waals surface area contributed by atoms with E-state index in [1.807, 2.05) is 30.0 Å². The summed E-state index contributed by atoms with van der Waals surface area (Å²) in [6.07, 6.45) is 0.177. The van der Waals surface area contributed by atoms with E-state index >= 15 is 0 Å². The van der Waals surface area contributed by atoms with Crippen LogP contribution in [0.15, 0.2) is 30.3 Å². The topological polar surface area (TPSA) is 35.2 Å². The van der Waals surface area contributed by atoms with Crippen molar-refractivity contribution in [2.24, 2.45) is 5.73 Å². The molecule has 0 bridgehead atoms. The van der Waals surface area contributed by atoms with E-state index in [0.29, 0.717) is 0 Å². The molecule has 0 spiro atoms. The quantitative estimate of drug-likeness (QED) is 0.807. The van der Waals surface area contributed by atoms with Gasteiger partial charge >= 0.3 is 0 Å².